The van der Waals surface area contributed by atoms with Crippen LogP contribution < -0.4 is 0 Å². The average molecular weight is 274 g/mol. The minimum atomic E-state index is -0.754. The number of carboxylic acids is 1. The van der Waals surface area contributed by atoms with Crippen LogP contribution in [0.25, 0.3) is 0 Å². The van der Waals surface area contributed by atoms with Crippen molar-refractivity contribution in [3.63, 3.8) is 0 Å². The number of rotatable bonds is 6. The largest absolute Gasteiger partial charge is 0.481 e. The van der Waals surface area contributed by atoms with Gasteiger partial charge in [-0.15, -0.1) is 0 Å². The quantitative estimate of drug-likeness (QED) is 0.801. The van der Waals surface area contributed by atoms with Crippen LogP contribution in [0.3, 0.4) is 0 Å². The van der Waals surface area contributed by atoms with Gasteiger partial charge in [0.05, 0.1) is 0 Å². The second-order valence-corrected chi connectivity index (χ2v) is 5.72. The van der Waals surface area contributed by atoms with Crippen LogP contribution in [-0.2, 0) is 11.2 Å². The maximum Gasteiger partial charge on any atom is 0.303 e. The van der Waals surface area contributed by atoms with Crippen molar-refractivity contribution in [3.05, 3.63) is 35.4 Å². The molecular weight excluding hydrogens is 252 g/mol. The molecule has 1 aromatic rings. The summed E-state index contributed by atoms with van der Waals surface area (Å²) in [7, 11) is 0. The number of ketones is 1. The molecule has 0 fully saturated rings. The van der Waals surface area contributed by atoms with E-state index in [1.807, 2.05) is 24.3 Å². The van der Waals surface area contributed by atoms with Crippen LogP contribution in [0.5, 0.6) is 0 Å². The van der Waals surface area contributed by atoms with Gasteiger partial charge < -0.3 is 5.11 Å². The molecule has 1 atom stereocenters. The fourth-order valence-electron chi connectivity index (χ4n) is 3.23. The maximum atomic E-state index is 12.8. The van der Waals surface area contributed by atoms with E-state index in [0.29, 0.717) is 6.42 Å². The summed E-state index contributed by atoms with van der Waals surface area (Å²) in [5.41, 5.74) is 1.76. The highest BCUT2D eigenvalue weighted by atomic mass is 16.4. The van der Waals surface area contributed by atoms with Crippen molar-refractivity contribution in [2.45, 2.75) is 51.9 Å². The van der Waals surface area contributed by atoms with Crippen molar-refractivity contribution in [2.75, 3.05) is 0 Å². The highest BCUT2D eigenvalue weighted by Crippen LogP contribution is 2.42. The van der Waals surface area contributed by atoms with E-state index in [-0.39, 0.29) is 17.6 Å². The van der Waals surface area contributed by atoms with E-state index in [0.717, 1.165) is 43.2 Å². The van der Waals surface area contributed by atoms with E-state index in [2.05, 4.69) is 6.92 Å². The molecule has 0 spiro atoms. The molecule has 1 aliphatic carbocycles. The van der Waals surface area contributed by atoms with Gasteiger partial charge in [-0.1, -0.05) is 37.6 Å². The number of carboxylic acid groups (broad SMARTS) is 1. The normalized spacial score (nSPS) is 21.6. The van der Waals surface area contributed by atoms with Crippen LogP contribution in [0.1, 0.15) is 61.4 Å². The number of hydrogen-bond donors (Lipinski definition) is 1. The highest BCUT2D eigenvalue weighted by molar-refractivity contribution is 6.02. The zero-order valence-electron chi connectivity index (χ0n) is 12.0. The van der Waals surface area contributed by atoms with E-state index in [1.54, 1.807) is 0 Å². The molecule has 20 heavy (non-hydrogen) atoms. The van der Waals surface area contributed by atoms with E-state index in [9.17, 15) is 9.59 Å². The summed E-state index contributed by atoms with van der Waals surface area (Å²) in [5.74, 6) is -0.493. The molecule has 1 unspecified atom stereocenters. The van der Waals surface area contributed by atoms with Gasteiger partial charge in [-0.25, -0.2) is 0 Å². The predicted molar refractivity (Wildman–Crippen MR) is 77.9 cm³/mol. The zero-order chi connectivity index (χ0) is 14.6. The lowest BCUT2D eigenvalue weighted by Crippen LogP contribution is -2.35. The first-order valence-corrected chi connectivity index (χ1v) is 7.43. The Hall–Kier alpha value is -1.64. The molecular formula is C17H22O3. The minimum Gasteiger partial charge on any atom is -0.481 e. The van der Waals surface area contributed by atoms with Crippen LogP contribution in [0, 0.1) is 5.41 Å². The SMILES string of the molecule is CCC1(CCCCC(=O)O)CCc2ccccc2C1=O. The third-order valence-electron chi connectivity index (χ3n) is 4.59. The number of carbonyl (C=O) groups excluding carboxylic acids is 1. The Morgan fingerprint density at radius 3 is 2.75 bits per heavy atom. The summed E-state index contributed by atoms with van der Waals surface area (Å²) >= 11 is 0. The van der Waals surface area contributed by atoms with Crippen molar-refractivity contribution in [1.29, 1.82) is 0 Å². The molecule has 0 heterocycles. The molecule has 0 radical (unpaired) electrons. The van der Waals surface area contributed by atoms with Crippen molar-refractivity contribution < 1.29 is 14.7 Å². The molecule has 2 rings (SSSR count). The van der Waals surface area contributed by atoms with Gasteiger partial charge in [0.15, 0.2) is 5.78 Å². The van der Waals surface area contributed by atoms with Gasteiger partial charge in [0.25, 0.3) is 0 Å². The smallest absolute Gasteiger partial charge is 0.303 e. The summed E-state index contributed by atoms with van der Waals surface area (Å²) in [5, 5.41) is 8.69. The van der Waals surface area contributed by atoms with Gasteiger partial charge in [0, 0.05) is 17.4 Å². The van der Waals surface area contributed by atoms with Crippen LogP contribution in [0.15, 0.2) is 24.3 Å². The first-order chi connectivity index (χ1) is 9.59. The standard InChI is InChI=1S/C17H22O3/c1-2-17(11-6-5-9-15(18)19)12-10-13-7-3-4-8-14(13)16(17)20/h3-4,7-8H,2,5-6,9-12H2,1H3,(H,18,19). The first-order valence-electron chi connectivity index (χ1n) is 7.43. The third-order valence-corrected chi connectivity index (χ3v) is 4.59. The zero-order valence-corrected chi connectivity index (χ0v) is 12.0. The second kappa shape index (κ2) is 6.21. The van der Waals surface area contributed by atoms with E-state index < -0.39 is 5.97 Å². The highest BCUT2D eigenvalue weighted by Gasteiger charge is 2.40. The van der Waals surface area contributed by atoms with Crippen LogP contribution in [0.2, 0.25) is 0 Å². The Kier molecular flexibility index (Phi) is 4.58. The first kappa shape index (κ1) is 14.8. The number of benzene rings is 1. The summed E-state index contributed by atoms with van der Waals surface area (Å²) < 4.78 is 0. The van der Waals surface area contributed by atoms with Gasteiger partial charge in [-0.05, 0) is 37.7 Å². The van der Waals surface area contributed by atoms with Crippen LogP contribution >= 0.6 is 0 Å². The van der Waals surface area contributed by atoms with Crippen molar-refractivity contribution >= 4 is 11.8 Å². The molecule has 0 saturated heterocycles. The molecule has 0 saturated carbocycles. The Balaban J connectivity index is 2.08. The van der Waals surface area contributed by atoms with E-state index >= 15 is 0 Å². The average Bonchev–Trinajstić information content (AvgIpc) is 2.46. The number of fused-ring (bicyclic) bond motifs is 1. The van der Waals surface area contributed by atoms with Gasteiger partial charge in [0.2, 0.25) is 0 Å². The Bertz CT molecular complexity index is 507. The molecule has 3 heteroatoms. The lowest BCUT2D eigenvalue weighted by molar-refractivity contribution is -0.137. The molecule has 0 amide bonds. The number of aryl methyl sites for hydroxylation is 1. The van der Waals surface area contributed by atoms with Gasteiger partial charge in [0.1, 0.15) is 0 Å². The van der Waals surface area contributed by atoms with Crippen LogP contribution in [0.4, 0.5) is 0 Å². The molecule has 3 nitrogen and oxygen atoms in total. The van der Waals surface area contributed by atoms with E-state index in [1.165, 1.54) is 0 Å². The number of carbonyl (C=O) groups is 2. The summed E-state index contributed by atoms with van der Waals surface area (Å²) in [6.07, 6.45) is 5.17. The molecule has 108 valence electrons. The summed E-state index contributed by atoms with van der Waals surface area (Å²) in [6.45, 7) is 2.07. The molecule has 1 N–H and O–H groups in total. The lowest BCUT2D eigenvalue weighted by Gasteiger charge is -2.36. The molecule has 0 aliphatic heterocycles. The van der Waals surface area contributed by atoms with Crippen LogP contribution in [-0.4, -0.2) is 16.9 Å². The third kappa shape index (κ3) is 2.92. The van der Waals surface area contributed by atoms with E-state index in [4.69, 9.17) is 5.11 Å². The maximum absolute atomic E-state index is 12.8. The fourth-order valence-corrected chi connectivity index (χ4v) is 3.23. The predicted octanol–water partition coefficient (Wildman–Crippen LogP) is 3.86. The molecule has 1 aliphatic rings. The lowest BCUT2D eigenvalue weighted by atomic mass is 9.66. The molecule has 0 aromatic heterocycles. The van der Waals surface area contributed by atoms with Gasteiger partial charge >= 0.3 is 5.97 Å². The number of unbranched alkanes of at least 4 members (excludes halogenated alkanes) is 1. The number of aliphatic carboxylic acids is 1. The van der Waals surface area contributed by atoms with Crippen molar-refractivity contribution in [1.82, 2.24) is 0 Å². The summed E-state index contributed by atoms with van der Waals surface area (Å²) in [6, 6.07) is 7.88. The van der Waals surface area contributed by atoms with Crippen molar-refractivity contribution in [3.8, 4) is 0 Å². The topological polar surface area (TPSA) is 54.4 Å². The Morgan fingerprint density at radius 1 is 1.30 bits per heavy atom. The monoisotopic (exact) mass is 274 g/mol. The Morgan fingerprint density at radius 2 is 2.05 bits per heavy atom. The van der Waals surface area contributed by atoms with Gasteiger partial charge in [-0.2, -0.15) is 0 Å². The Labute approximate surface area is 120 Å². The molecule has 1 aromatic carbocycles. The van der Waals surface area contributed by atoms with Gasteiger partial charge in [-0.3, -0.25) is 9.59 Å². The fraction of sp³-hybridized carbons (Fsp3) is 0.529. The van der Waals surface area contributed by atoms with Crippen molar-refractivity contribution in [2.24, 2.45) is 5.41 Å². The molecule has 0 bridgehead atoms. The number of Topliss-reactive ketones (excluding diaryl/α,β-unsaturated/α-hetero) is 1. The number of hydrogen-bond acceptors (Lipinski definition) is 2. The second-order valence-electron chi connectivity index (χ2n) is 5.72. The minimum absolute atomic E-state index is 0.199. The summed E-state index contributed by atoms with van der Waals surface area (Å²) in [4.78, 5) is 23.3.